The summed E-state index contributed by atoms with van der Waals surface area (Å²) in [6, 6.07) is 3.94. The summed E-state index contributed by atoms with van der Waals surface area (Å²) in [5.41, 5.74) is 3.98. The summed E-state index contributed by atoms with van der Waals surface area (Å²) in [4.78, 5) is 13.0. The Labute approximate surface area is 207 Å². The normalized spacial score (nSPS) is 17.3. The molecular formula is C28H36O7. The van der Waals surface area contributed by atoms with Gasteiger partial charge < -0.3 is 28.4 Å². The van der Waals surface area contributed by atoms with Crippen LogP contribution in [0.4, 0.5) is 0 Å². The van der Waals surface area contributed by atoms with Gasteiger partial charge in [0, 0.05) is 16.7 Å². The first kappa shape index (κ1) is 26.3. The Bertz CT molecular complexity index is 1130. The molecule has 1 aliphatic carbocycles. The van der Waals surface area contributed by atoms with Crippen LogP contribution >= 0.6 is 0 Å². The third kappa shape index (κ3) is 4.77. The molecule has 0 aromatic heterocycles. The van der Waals surface area contributed by atoms with Gasteiger partial charge in [-0.05, 0) is 61.8 Å². The highest BCUT2D eigenvalue weighted by Crippen LogP contribution is 2.56. The van der Waals surface area contributed by atoms with E-state index in [1.54, 1.807) is 48.4 Å². The SMILES string of the molecule is C/C=C(/C)C(=O)Oc1c(OC)c(OC)cc2c1-c1c(cc(OC)c(OC)c1OC)C[C@@H](C)[C@@H](C)C2. The molecule has 3 rings (SSSR count). The number of hydrogen-bond acceptors (Lipinski definition) is 7. The average molecular weight is 485 g/mol. The van der Waals surface area contributed by atoms with E-state index < -0.39 is 5.97 Å². The van der Waals surface area contributed by atoms with E-state index >= 15 is 0 Å². The molecule has 0 amide bonds. The molecule has 7 heteroatoms. The number of methoxy groups -OCH3 is 5. The lowest BCUT2D eigenvalue weighted by Crippen LogP contribution is -2.19. The van der Waals surface area contributed by atoms with Crippen molar-refractivity contribution in [3.63, 3.8) is 0 Å². The van der Waals surface area contributed by atoms with E-state index in [2.05, 4.69) is 13.8 Å². The molecule has 35 heavy (non-hydrogen) atoms. The van der Waals surface area contributed by atoms with Crippen LogP contribution < -0.4 is 28.4 Å². The van der Waals surface area contributed by atoms with Crippen LogP contribution in [0.15, 0.2) is 23.8 Å². The fourth-order valence-electron chi connectivity index (χ4n) is 4.57. The number of benzene rings is 2. The van der Waals surface area contributed by atoms with Gasteiger partial charge in [0.15, 0.2) is 23.0 Å². The molecule has 0 bridgehead atoms. The van der Waals surface area contributed by atoms with Crippen LogP contribution in [0.3, 0.4) is 0 Å². The van der Waals surface area contributed by atoms with Crippen LogP contribution in [-0.4, -0.2) is 41.5 Å². The highest BCUT2D eigenvalue weighted by atomic mass is 16.6. The van der Waals surface area contributed by atoms with E-state index in [1.807, 2.05) is 12.1 Å². The molecule has 0 saturated heterocycles. The van der Waals surface area contributed by atoms with Gasteiger partial charge in [-0.25, -0.2) is 4.79 Å². The van der Waals surface area contributed by atoms with Crippen LogP contribution in [0, 0.1) is 11.8 Å². The zero-order valence-electron chi connectivity index (χ0n) is 22.2. The maximum Gasteiger partial charge on any atom is 0.338 e. The van der Waals surface area contributed by atoms with Gasteiger partial charge in [-0.2, -0.15) is 0 Å². The number of carbonyl (C=O) groups excluding carboxylic acids is 1. The molecule has 2 aromatic rings. The molecule has 0 aliphatic heterocycles. The van der Waals surface area contributed by atoms with Gasteiger partial charge >= 0.3 is 5.97 Å². The summed E-state index contributed by atoms with van der Waals surface area (Å²) in [5, 5.41) is 0. The maximum atomic E-state index is 13.0. The summed E-state index contributed by atoms with van der Waals surface area (Å²) in [7, 11) is 7.88. The molecule has 0 N–H and O–H groups in total. The summed E-state index contributed by atoms with van der Waals surface area (Å²) < 4.78 is 34.7. The Balaban J connectivity index is 2.53. The first-order valence-corrected chi connectivity index (χ1v) is 11.7. The van der Waals surface area contributed by atoms with Gasteiger partial charge in [0.1, 0.15) is 0 Å². The number of carbonyl (C=O) groups is 1. The minimum Gasteiger partial charge on any atom is -0.493 e. The van der Waals surface area contributed by atoms with Crippen molar-refractivity contribution in [2.75, 3.05) is 35.5 Å². The van der Waals surface area contributed by atoms with E-state index in [-0.39, 0.29) is 0 Å². The van der Waals surface area contributed by atoms with Crippen molar-refractivity contribution in [2.24, 2.45) is 11.8 Å². The predicted molar refractivity (Wildman–Crippen MR) is 135 cm³/mol. The van der Waals surface area contributed by atoms with E-state index in [0.29, 0.717) is 51.9 Å². The van der Waals surface area contributed by atoms with Gasteiger partial charge in [-0.3, -0.25) is 0 Å². The van der Waals surface area contributed by atoms with Crippen molar-refractivity contribution in [3.05, 3.63) is 34.9 Å². The minimum absolute atomic E-state index is 0.293. The Morgan fingerprint density at radius 3 is 1.57 bits per heavy atom. The molecule has 7 nitrogen and oxygen atoms in total. The van der Waals surface area contributed by atoms with Crippen molar-refractivity contribution in [2.45, 2.75) is 40.5 Å². The Morgan fingerprint density at radius 1 is 0.743 bits per heavy atom. The summed E-state index contributed by atoms with van der Waals surface area (Å²) in [5.74, 6) is 2.94. The van der Waals surface area contributed by atoms with Crippen molar-refractivity contribution in [1.82, 2.24) is 0 Å². The van der Waals surface area contributed by atoms with Crippen LogP contribution in [0.1, 0.15) is 38.8 Å². The third-order valence-corrected chi connectivity index (χ3v) is 6.87. The number of hydrogen-bond donors (Lipinski definition) is 0. The van der Waals surface area contributed by atoms with Crippen molar-refractivity contribution < 1.29 is 33.2 Å². The van der Waals surface area contributed by atoms with Gasteiger partial charge in [0.25, 0.3) is 0 Å². The largest absolute Gasteiger partial charge is 0.493 e. The highest BCUT2D eigenvalue weighted by Gasteiger charge is 2.34. The number of ether oxygens (including phenoxy) is 6. The minimum atomic E-state index is -0.467. The summed E-state index contributed by atoms with van der Waals surface area (Å²) in [6.45, 7) is 7.97. The second-order valence-corrected chi connectivity index (χ2v) is 8.88. The number of esters is 1. The molecule has 2 atom stereocenters. The standard InChI is InChI=1S/C28H36O7/c1-10-15(2)28(29)35-27-23-19(14-21(31-6)25(27)33-8)12-17(4)16(3)11-18-13-20(30-5)24(32-7)26(34-9)22(18)23/h10,13-14,16-17H,11-12H2,1-9H3/b15-10-/t16-,17+/m1/s1. The predicted octanol–water partition coefficient (Wildman–Crippen LogP) is 5.64. The average Bonchev–Trinajstić information content (AvgIpc) is 2.86. The quantitative estimate of drug-likeness (QED) is 0.286. The highest BCUT2D eigenvalue weighted by molar-refractivity contribution is 5.94. The first-order chi connectivity index (χ1) is 16.8. The van der Waals surface area contributed by atoms with Crippen LogP contribution in [0.25, 0.3) is 11.1 Å². The maximum absolute atomic E-state index is 13.0. The lowest BCUT2D eigenvalue weighted by atomic mass is 9.77. The molecule has 0 heterocycles. The topological polar surface area (TPSA) is 72.5 Å². The van der Waals surface area contributed by atoms with Gasteiger partial charge in [-0.1, -0.05) is 19.9 Å². The Kier molecular flexibility index (Phi) is 8.20. The smallest absolute Gasteiger partial charge is 0.338 e. The third-order valence-electron chi connectivity index (χ3n) is 6.87. The van der Waals surface area contributed by atoms with Crippen LogP contribution in [0.5, 0.6) is 34.5 Å². The molecular weight excluding hydrogens is 448 g/mol. The zero-order chi connectivity index (χ0) is 25.9. The second kappa shape index (κ2) is 10.9. The van der Waals surface area contributed by atoms with Crippen molar-refractivity contribution >= 4 is 5.97 Å². The molecule has 0 fully saturated rings. The van der Waals surface area contributed by atoms with E-state index in [1.165, 1.54) is 7.11 Å². The number of allylic oxidation sites excluding steroid dienone is 1. The molecule has 2 aromatic carbocycles. The molecule has 0 spiro atoms. The van der Waals surface area contributed by atoms with Crippen molar-refractivity contribution in [1.29, 1.82) is 0 Å². The molecule has 190 valence electrons. The second-order valence-electron chi connectivity index (χ2n) is 8.88. The van der Waals surface area contributed by atoms with Crippen LogP contribution in [-0.2, 0) is 17.6 Å². The monoisotopic (exact) mass is 484 g/mol. The van der Waals surface area contributed by atoms with Gasteiger partial charge in [0.2, 0.25) is 11.5 Å². The summed E-state index contributed by atoms with van der Waals surface area (Å²) in [6.07, 6.45) is 3.24. The molecule has 0 radical (unpaired) electrons. The van der Waals surface area contributed by atoms with Crippen molar-refractivity contribution in [3.8, 4) is 45.6 Å². The number of rotatable bonds is 7. The van der Waals surface area contributed by atoms with Gasteiger partial charge in [-0.15, -0.1) is 0 Å². The number of fused-ring (bicyclic) bond motifs is 3. The van der Waals surface area contributed by atoms with E-state index in [0.717, 1.165) is 35.1 Å². The zero-order valence-corrected chi connectivity index (χ0v) is 22.2. The lowest BCUT2D eigenvalue weighted by molar-refractivity contribution is -0.130. The van der Waals surface area contributed by atoms with Gasteiger partial charge in [0.05, 0.1) is 35.5 Å². The molecule has 0 saturated carbocycles. The fourth-order valence-corrected chi connectivity index (χ4v) is 4.57. The molecule has 0 unspecified atom stereocenters. The summed E-state index contributed by atoms with van der Waals surface area (Å²) >= 11 is 0. The Morgan fingerprint density at radius 2 is 1.17 bits per heavy atom. The molecule has 1 aliphatic rings. The van der Waals surface area contributed by atoms with E-state index in [4.69, 9.17) is 28.4 Å². The first-order valence-electron chi connectivity index (χ1n) is 11.7. The lowest BCUT2D eigenvalue weighted by Gasteiger charge is -2.30. The fraction of sp³-hybridized carbons (Fsp3) is 0.464. The van der Waals surface area contributed by atoms with E-state index in [9.17, 15) is 4.79 Å². The van der Waals surface area contributed by atoms with Crippen LogP contribution in [0.2, 0.25) is 0 Å². The Hall–Kier alpha value is -3.35.